The lowest BCUT2D eigenvalue weighted by Gasteiger charge is -2.18. The Kier molecular flexibility index (Phi) is 6.10. The van der Waals surface area contributed by atoms with Gasteiger partial charge in [-0.25, -0.2) is 9.59 Å². The fraction of sp³-hybridized carbons (Fsp3) is 0.467. The monoisotopic (exact) mass is 341 g/mol. The largest absolute Gasteiger partial charge is 0.514 e. The number of methoxy groups -OCH3 is 1. The number of phenolic OH excluding ortho intramolecular Hbond substituents is 1. The maximum absolute atomic E-state index is 11.5. The molecule has 1 N–H and O–H groups in total. The minimum atomic E-state index is -1.64. The molecule has 0 aliphatic carbocycles. The molecule has 0 aliphatic rings. The number of ether oxygens (including phenoxy) is 3. The fourth-order valence-corrected chi connectivity index (χ4v) is 1.74. The van der Waals surface area contributed by atoms with Gasteiger partial charge in [0.25, 0.3) is 0 Å². The van der Waals surface area contributed by atoms with Gasteiger partial charge in [-0.15, -0.1) is 0 Å². The lowest BCUT2D eigenvalue weighted by molar-refractivity contribution is -0.509. The fourth-order valence-electron chi connectivity index (χ4n) is 1.74. The number of esters is 1. The summed E-state index contributed by atoms with van der Waals surface area (Å²) in [6.45, 7) is 5.00. The molecule has 0 spiro atoms. The highest BCUT2D eigenvalue weighted by Crippen LogP contribution is 2.26. The Morgan fingerprint density at radius 2 is 1.96 bits per heavy atom. The molecule has 9 nitrogen and oxygen atoms in total. The molecule has 0 saturated heterocycles. The van der Waals surface area contributed by atoms with Crippen LogP contribution in [0.1, 0.15) is 26.3 Å². The van der Waals surface area contributed by atoms with Crippen LogP contribution < -0.4 is 4.74 Å². The number of hydrogen-bond acceptors (Lipinski definition) is 8. The molecule has 9 heteroatoms. The van der Waals surface area contributed by atoms with Gasteiger partial charge in [-0.1, -0.05) is 6.07 Å². The van der Waals surface area contributed by atoms with Gasteiger partial charge in [0.1, 0.15) is 17.1 Å². The van der Waals surface area contributed by atoms with Crippen LogP contribution in [0.3, 0.4) is 0 Å². The van der Waals surface area contributed by atoms with Crippen LogP contribution in [0.15, 0.2) is 18.2 Å². The maximum Gasteiger partial charge on any atom is 0.514 e. The Bertz CT molecular complexity index is 635. The Hall–Kier alpha value is -2.84. The molecule has 0 aromatic heterocycles. The number of aromatic hydroxyl groups is 1. The van der Waals surface area contributed by atoms with Crippen LogP contribution in [-0.4, -0.2) is 40.9 Å². The van der Waals surface area contributed by atoms with Crippen LogP contribution in [0.2, 0.25) is 0 Å². The second-order valence-corrected chi connectivity index (χ2v) is 5.89. The number of rotatable bonds is 5. The number of carbonyl (C=O) groups excluding carboxylic acids is 2. The van der Waals surface area contributed by atoms with E-state index in [2.05, 4.69) is 4.74 Å². The molecule has 0 aliphatic heterocycles. The number of phenols is 1. The van der Waals surface area contributed by atoms with Crippen molar-refractivity contribution in [3.63, 3.8) is 0 Å². The average molecular weight is 341 g/mol. The van der Waals surface area contributed by atoms with E-state index in [9.17, 15) is 24.8 Å². The summed E-state index contributed by atoms with van der Waals surface area (Å²) in [5, 5.41) is 20.8. The first kappa shape index (κ1) is 19.2. The van der Waals surface area contributed by atoms with E-state index in [1.165, 1.54) is 12.1 Å². The predicted molar refractivity (Wildman–Crippen MR) is 81.5 cm³/mol. The summed E-state index contributed by atoms with van der Waals surface area (Å²) in [7, 11) is 1.04. The molecule has 132 valence electrons. The number of nitrogens with zero attached hydrogens (tertiary/aromatic N) is 1. The van der Waals surface area contributed by atoms with Gasteiger partial charge in [-0.2, -0.15) is 0 Å². The topological polar surface area (TPSA) is 125 Å². The molecule has 1 unspecified atom stereocenters. The first-order chi connectivity index (χ1) is 11.0. The molecular formula is C15H19NO8. The van der Waals surface area contributed by atoms with Crippen LogP contribution >= 0.6 is 0 Å². The minimum Gasteiger partial charge on any atom is -0.508 e. The smallest absolute Gasteiger partial charge is 0.508 e. The normalized spacial score (nSPS) is 12.2. The second-order valence-electron chi connectivity index (χ2n) is 5.89. The van der Waals surface area contributed by atoms with E-state index in [0.29, 0.717) is 0 Å². The highest BCUT2D eigenvalue weighted by molar-refractivity contribution is 5.74. The molecule has 1 aromatic rings. The molecule has 0 saturated carbocycles. The number of benzene rings is 1. The van der Waals surface area contributed by atoms with Gasteiger partial charge in [0, 0.05) is 16.6 Å². The Labute approximate surface area is 138 Å². The molecule has 1 atom stereocenters. The van der Waals surface area contributed by atoms with Crippen molar-refractivity contribution >= 4 is 12.1 Å². The molecule has 1 rings (SSSR count). The summed E-state index contributed by atoms with van der Waals surface area (Å²) < 4.78 is 14.2. The Balaban J connectivity index is 2.86. The van der Waals surface area contributed by atoms with Crippen molar-refractivity contribution in [2.75, 3.05) is 7.11 Å². The highest BCUT2D eigenvalue weighted by atomic mass is 16.7. The van der Waals surface area contributed by atoms with Gasteiger partial charge < -0.3 is 19.3 Å². The van der Waals surface area contributed by atoms with Gasteiger partial charge >= 0.3 is 18.2 Å². The van der Waals surface area contributed by atoms with E-state index < -0.39 is 28.7 Å². The lowest BCUT2D eigenvalue weighted by Crippen LogP contribution is -2.32. The average Bonchev–Trinajstić information content (AvgIpc) is 2.43. The highest BCUT2D eigenvalue weighted by Gasteiger charge is 2.32. The van der Waals surface area contributed by atoms with Crippen LogP contribution in [0.5, 0.6) is 11.5 Å². The Morgan fingerprint density at radius 1 is 1.33 bits per heavy atom. The molecule has 0 radical (unpaired) electrons. The van der Waals surface area contributed by atoms with Crippen molar-refractivity contribution in [2.24, 2.45) is 0 Å². The van der Waals surface area contributed by atoms with Crippen LogP contribution in [0.25, 0.3) is 0 Å². The summed E-state index contributed by atoms with van der Waals surface area (Å²) in [5.41, 5.74) is -0.600. The van der Waals surface area contributed by atoms with Gasteiger partial charge in [0.2, 0.25) is 0 Å². The van der Waals surface area contributed by atoms with E-state index in [1.807, 2.05) is 0 Å². The maximum atomic E-state index is 11.5. The van der Waals surface area contributed by atoms with Crippen molar-refractivity contribution < 1.29 is 33.8 Å². The standard InChI is InChI=1S/C15H19NO8/c1-15(2,3)24-14(19)23-10-6-5-9(12(17)8-10)7-11(16(20)21)13(18)22-4/h5-6,8,11,17H,7H2,1-4H3. The van der Waals surface area contributed by atoms with E-state index in [1.54, 1.807) is 20.8 Å². The first-order valence-electron chi connectivity index (χ1n) is 6.97. The van der Waals surface area contributed by atoms with Crippen molar-refractivity contribution in [1.29, 1.82) is 0 Å². The zero-order chi connectivity index (χ0) is 18.5. The second kappa shape index (κ2) is 7.62. The molecule has 24 heavy (non-hydrogen) atoms. The summed E-state index contributed by atoms with van der Waals surface area (Å²) in [6, 6.07) is 2.11. The van der Waals surface area contributed by atoms with E-state index >= 15 is 0 Å². The van der Waals surface area contributed by atoms with Crippen LogP contribution in [0, 0.1) is 10.1 Å². The quantitative estimate of drug-likeness (QED) is 0.373. The molecule has 1 aromatic carbocycles. The Morgan fingerprint density at radius 3 is 2.42 bits per heavy atom. The van der Waals surface area contributed by atoms with Gasteiger partial charge in [0.05, 0.1) is 13.5 Å². The molecule has 0 bridgehead atoms. The zero-order valence-electron chi connectivity index (χ0n) is 13.8. The van der Waals surface area contributed by atoms with Gasteiger partial charge in [-0.05, 0) is 26.8 Å². The summed E-state index contributed by atoms with van der Waals surface area (Å²) in [6.07, 6.45) is -1.31. The van der Waals surface area contributed by atoms with Crippen molar-refractivity contribution in [1.82, 2.24) is 0 Å². The van der Waals surface area contributed by atoms with Crippen LogP contribution in [-0.2, 0) is 20.7 Å². The van der Waals surface area contributed by atoms with Crippen LogP contribution in [0.4, 0.5) is 4.79 Å². The third-order valence-electron chi connectivity index (χ3n) is 2.79. The summed E-state index contributed by atoms with van der Waals surface area (Å²) in [5.74, 6) is -1.37. The van der Waals surface area contributed by atoms with Crippen molar-refractivity contribution in [3.05, 3.63) is 33.9 Å². The summed E-state index contributed by atoms with van der Waals surface area (Å²) >= 11 is 0. The number of nitro groups is 1. The van der Waals surface area contributed by atoms with Crippen molar-refractivity contribution in [3.8, 4) is 11.5 Å². The predicted octanol–water partition coefficient (Wildman–Crippen LogP) is 2.07. The van der Waals surface area contributed by atoms with Gasteiger partial charge in [-0.3, -0.25) is 10.1 Å². The summed E-state index contributed by atoms with van der Waals surface area (Å²) in [4.78, 5) is 33.0. The van der Waals surface area contributed by atoms with E-state index in [-0.39, 0.29) is 23.5 Å². The zero-order valence-corrected chi connectivity index (χ0v) is 13.8. The van der Waals surface area contributed by atoms with Crippen molar-refractivity contribution in [2.45, 2.75) is 38.8 Å². The van der Waals surface area contributed by atoms with E-state index in [4.69, 9.17) is 9.47 Å². The number of hydrogen-bond donors (Lipinski definition) is 1. The van der Waals surface area contributed by atoms with Gasteiger partial charge in [0.15, 0.2) is 0 Å². The minimum absolute atomic E-state index is 0.00113. The third kappa shape index (κ3) is 5.75. The van der Waals surface area contributed by atoms with E-state index in [0.717, 1.165) is 13.2 Å². The third-order valence-corrected chi connectivity index (χ3v) is 2.79. The molecule has 0 amide bonds. The molecular weight excluding hydrogens is 322 g/mol. The molecule has 0 heterocycles. The lowest BCUT2D eigenvalue weighted by atomic mass is 10.1. The number of carbonyl (C=O) groups is 2. The molecule has 0 fully saturated rings. The SMILES string of the molecule is COC(=O)C(Cc1ccc(OC(=O)OC(C)(C)C)cc1O)[N+](=O)[O-]. The first-order valence-corrected chi connectivity index (χ1v) is 6.97.